The molecule has 5 nitrogen and oxygen atoms in total. The molecule has 0 aliphatic carbocycles. The molecule has 0 bridgehead atoms. The molecule has 144 valence electrons. The Bertz CT molecular complexity index is 1010. The first-order chi connectivity index (χ1) is 13.2. The van der Waals surface area contributed by atoms with E-state index in [1.165, 1.54) is 12.1 Å². The van der Waals surface area contributed by atoms with E-state index in [-0.39, 0.29) is 22.9 Å². The maximum Gasteiger partial charge on any atom is 0.416 e. The van der Waals surface area contributed by atoms with E-state index >= 15 is 0 Å². The Balaban J connectivity index is 1.70. The highest BCUT2D eigenvalue weighted by molar-refractivity contribution is 6.03. The molecule has 2 aromatic carbocycles. The van der Waals surface area contributed by atoms with E-state index in [4.69, 9.17) is 0 Å². The molecule has 0 aliphatic rings. The van der Waals surface area contributed by atoms with E-state index in [1.807, 2.05) is 0 Å². The Morgan fingerprint density at radius 2 is 1.68 bits per heavy atom. The maximum absolute atomic E-state index is 13.6. The fraction of sp³-hybridized carbons (Fsp3) is 0.0556. The van der Waals surface area contributed by atoms with Crippen LogP contribution < -0.4 is 10.6 Å². The van der Waals surface area contributed by atoms with Crippen molar-refractivity contribution in [3.8, 4) is 0 Å². The van der Waals surface area contributed by atoms with Gasteiger partial charge in [-0.1, -0.05) is 6.07 Å². The molecule has 1 heterocycles. The smallest absolute Gasteiger partial charge is 0.324 e. The molecule has 10 heteroatoms. The van der Waals surface area contributed by atoms with Gasteiger partial charge in [-0.05, 0) is 30.3 Å². The topological polar surface area (TPSA) is 66.9 Å². The second-order valence-corrected chi connectivity index (χ2v) is 5.58. The maximum atomic E-state index is 13.6. The first-order valence-electron chi connectivity index (χ1n) is 7.75. The fourth-order valence-electron chi connectivity index (χ4n) is 2.20. The lowest BCUT2D eigenvalue weighted by Crippen LogP contribution is -2.14. The fourth-order valence-corrected chi connectivity index (χ4v) is 2.20. The lowest BCUT2D eigenvalue weighted by atomic mass is 10.2. The summed E-state index contributed by atoms with van der Waals surface area (Å²) in [6.45, 7) is 0. The zero-order valence-corrected chi connectivity index (χ0v) is 13.9. The number of benzene rings is 2. The third kappa shape index (κ3) is 4.58. The van der Waals surface area contributed by atoms with Gasteiger partial charge in [0.15, 0.2) is 0 Å². The molecule has 0 saturated carbocycles. The minimum Gasteiger partial charge on any atom is -0.324 e. The number of nitrogens with one attached hydrogen (secondary N) is 2. The van der Waals surface area contributed by atoms with Gasteiger partial charge in [0, 0.05) is 24.1 Å². The zero-order valence-electron chi connectivity index (χ0n) is 13.9. The Hall–Kier alpha value is -3.56. The van der Waals surface area contributed by atoms with Crippen LogP contribution in [0.2, 0.25) is 0 Å². The van der Waals surface area contributed by atoms with Gasteiger partial charge in [0.2, 0.25) is 5.95 Å². The van der Waals surface area contributed by atoms with Crippen LogP contribution in [0.5, 0.6) is 0 Å². The summed E-state index contributed by atoms with van der Waals surface area (Å²) in [5, 5.41) is 4.83. The number of anilines is 3. The monoisotopic (exact) mass is 394 g/mol. The molecule has 28 heavy (non-hydrogen) atoms. The summed E-state index contributed by atoms with van der Waals surface area (Å²) < 4.78 is 64.6. The van der Waals surface area contributed by atoms with Gasteiger partial charge in [-0.3, -0.25) is 4.79 Å². The highest BCUT2D eigenvalue weighted by atomic mass is 19.4. The molecule has 1 aromatic heterocycles. The first kappa shape index (κ1) is 19.2. The Kier molecular flexibility index (Phi) is 5.21. The number of carbonyl (C=O) groups excluding carboxylic acids is 1. The average molecular weight is 394 g/mol. The average Bonchev–Trinajstić information content (AvgIpc) is 2.64. The third-order valence-corrected chi connectivity index (χ3v) is 3.54. The minimum atomic E-state index is -4.49. The van der Waals surface area contributed by atoms with E-state index in [1.54, 1.807) is 0 Å². The lowest BCUT2D eigenvalue weighted by Gasteiger charge is -2.10. The van der Waals surface area contributed by atoms with Crippen LogP contribution in [0.4, 0.5) is 39.3 Å². The van der Waals surface area contributed by atoms with Crippen molar-refractivity contribution in [1.82, 2.24) is 9.97 Å². The summed E-state index contributed by atoms with van der Waals surface area (Å²) in [6.07, 6.45) is -2.27. The van der Waals surface area contributed by atoms with E-state index in [0.29, 0.717) is 6.07 Å². The molecule has 0 unspecified atom stereocenters. The molecular weight excluding hydrogens is 383 g/mol. The summed E-state index contributed by atoms with van der Waals surface area (Å²) in [7, 11) is 0. The van der Waals surface area contributed by atoms with Crippen LogP contribution in [0.3, 0.4) is 0 Å². The molecular formula is C18H11F5N4O. The zero-order chi connectivity index (χ0) is 20.3. The quantitative estimate of drug-likeness (QED) is 0.626. The predicted molar refractivity (Wildman–Crippen MR) is 91.1 cm³/mol. The normalized spacial score (nSPS) is 11.2. The Morgan fingerprint density at radius 1 is 0.964 bits per heavy atom. The largest absolute Gasteiger partial charge is 0.416 e. The van der Waals surface area contributed by atoms with Gasteiger partial charge in [0.25, 0.3) is 5.91 Å². The number of rotatable bonds is 4. The first-order valence-corrected chi connectivity index (χ1v) is 7.75. The summed E-state index contributed by atoms with van der Waals surface area (Å²) in [5.41, 5.74) is -0.980. The van der Waals surface area contributed by atoms with Gasteiger partial charge in [-0.25, -0.2) is 18.7 Å². The minimum absolute atomic E-state index is 0.0293. The molecule has 2 N–H and O–H groups in total. The van der Waals surface area contributed by atoms with Crippen molar-refractivity contribution in [3.63, 3.8) is 0 Å². The van der Waals surface area contributed by atoms with Crippen LogP contribution in [-0.4, -0.2) is 15.9 Å². The molecule has 0 aliphatic heterocycles. The van der Waals surface area contributed by atoms with Gasteiger partial charge >= 0.3 is 6.18 Å². The molecule has 0 atom stereocenters. The predicted octanol–water partition coefficient (Wildman–Crippen LogP) is 4.77. The number of carbonyl (C=O) groups is 1. The second kappa shape index (κ2) is 7.59. The molecule has 1 amide bonds. The summed E-state index contributed by atoms with van der Waals surface area (Å²) in [4.78, 5) is 19.8. The van der Waals surface area contributed by atoms with Crippen molar-refractivity contribution in [3.05, 3.63) is 77.6 Å². The van der Waals surface area contributed by atoms with E-state index in [2.05, 4.69) is 20.6 Å². The highest BCUT2D eigenvalue weighted by Crippen LogP contribution is 2.31. The van der Waals surface area contributed by atoms with Crippen molar-refractivity contribution in [2.45, 2.75) is 6.18 Å². The van der Waals surface area contributed by atoms with E-state index in [9.17, 15) is 26.7 Å². The number of hydrogen-bond donors (Lipinski definition) is 2. The van der Waals surface area contributed by atoms with Crippen LogP contribution in [0.25, 0.3) is 0 Å². The number of nitrogens with zero attached hydrogens (tertiary/aromatic N) is 2. The van der Waals surface area contributed by atoms with Gasteiger partial charge in [-0.2, -0.15) is 13.2 Å². The van der Waals surface area contributed by atoms with Gasteiger partial charge in [0.1, 0.15) is 11.6 Å². The summed E-state index contributed by atoms with van der Waals surface area (Å²) in [5.74, 6) is -2.51. The molecule has 0 spiro atoms. The van der Waals surface area contributed by atoms with Crippen LogP contribution in [0.1, 0.15) is 15.9 Å². The number of hydrogen-bond acceptors (Lipinski definition) is 4. The van der Waals surface area contributed by atoms with Crippen LogP contribution in [0.15, 0.2) is 54.9 Å². The second-order valence-electron chi connectivity index (χ2n) is 5.58. The molecule has 3 aromatic rings. The van der Waals surface area contributed by atoms with Crippen molar-refractivity contribution < 1.29 is 26.7 Å². The SMILES string of the molecule is O=C(Nc1ccc(F)cc1F)c1cnc(Nc2cccc(C(F)(F)F)c2)nc1. The lowest BCUT2D eigenvalue weighted by molar-refractivity contribution is -0.137. The van der Waals surface area contributed by atoms with E-state index < -0.39 is 29.3 Å². The van der Waals surface area contributed by atoms with Crippen molar-refractivity contribution >= 4 is 23.2 Å². The third-order valence-electron chi connectivity index (χ3n) is 3.54. The highest BCUT2D eigenvalue weighted by Gasteiger charge is 2.30. The van der Waals surface area contributed by atoms with Crippen LogP contribution in [0, 0.1) is 11.6 Å². The summed E-state index contributed by atoms with van der Waals surface area (Å²) >= 11 is 0. The molecule has 3 rings (SSSR count). The number of aromatic nitrogens is 2. The molecule has 0 fully saturated rings. The number of halogens is 5. The molecule has 0 saturated heterocycles. The number of alkyl halides is 3. The number of amides is 1. The van der Waals surface area contributed by atoms with Gasteiger partial charge in [0.05, 0.1) is 16.8 Å². The van der Waals surface area contributed by atoms with Gasteiger partial charge < -0.3 is 10.6 Å². The van der Waals surface area contributed by atoms with Crippen molar-refractivity contribution in [2.75, 3.05) is 10.6 Å². The van der Waals surface area contributed by atoms with Gasteiger partial charge in [-0.15, -0.1) is 0 Å². The Labute approximate surface area is 155 Å². The van der Waals surface area contributed by atoms with Crippen LogP contribution in [-0.2, 0) is 6.18 Å². The van der Waals surface area contributed by atoms with Crippen LogP contribution >= 0.6 is 0 Å². The Morgan fingerprint density at radius 3 is 2.32 bits per heavy atom. The summed E-state index contributed by atoms with van der Waals surface area (Å²) in [6, 6.07) is 7.11. The van der Waals surface area contributed by atoms with Crippen molar-refractivity contribution in [1.29, 1.82) is 0 Å². The standard InChI is InChI=1S/C18H11F5N4O/c19-12-4-5-15(14(20)7-12)27-16(28)10-8-24-17(25-9-10)26-13-3-1-2-11(6-13)18(21,22)23/h1-9H,(H,27,28)(H,24,25,26). The van der Waals surface area contributed by atoms with Crippen molar-refractivity contribution in [2.24, 2.45) is 0 Å². The van der Waals surface area contributed by atoms with E-state index in [0.717, 1.165) is 36.7 Å². The molecule has 0 radical (unpaired) electrons.